The molecule has 2 atom stereocenters. The molecular formula is C18H26ClNO3. The van der Waals surface area contributed by atoms with Gasteiger partial charge in [-0.3, -0.25) is 0 Å². The zero-order valence-corrected chi connectivity index (χ0v) is 15.2. The first-order valence-electron chi connectivity index (χ1n) is 8.08. The first-order valence-corrected chi connectivity index (χ1v) is 8.46. The van der Waals surface area contributed by atoms with Gasteiger partial charge in [-0.1, -0.05) is 11.6 Å². The summed E-state index contributed by atoms with van der Waals surface area (Å²) in [5, 5.41) is 3.55. The highest BCUT2D eigenvalue weighted by molar-refractivity contribution is 6.30. The fourth-order valence-electron chi connectivity index (χ4n) is 2.55. The van der Waals surface area contributed by atoms with E-state index in [9.17, 15) is 4.79 Å². The Labute approximate surface area is 143 Å². The van der Waals surface area contributed by atoms with E-state index in [1.807, 2.05) is 52.8 Å². The maximum absolute atomic E-state index is 11.7. The molecule has 5 heteroatoms. The summed E-state index contributed by atoms with van der Waals surface area (Å²) < 4.78 is 11.1. The molecule has 2 rings (SSSR count). The van der Waals surface area contributed by atoms with E-state index < -0.39 is 5.60 Å². The Morgan fingerprint density at radius 1 is 1.39 bits per heavy atom. The van der Waals surface area contributed by atoms with Crippen LogP contribution in [0.1, 0.15) is 52.5 Å². The zero-order chi connectivity index (χ0) is 17.2. The lowest BCUT2D eigenvalue weighted by atomic mass is 10.1. The van der Waals surface area contributed by atoms with Gasteiger partial charge in [0, 0.05) is 11.6 Å². The number of ether oxygens (including phenoxy) is 2. The van der Waals surface area contributed by atoms with E-state index in [4.69, 9.17) is 21.1 Å². The summed E-state index contributed by atoms with van der Waals surface area (Å²) in [7, 11) is 0. The van der Waals surface area contributed by atoms with Crippen LogP contribution >= 0.6 is 11.6 Å². The van der Waals surface area contributed by atoms with Gasteiger partial charge in [-0.25, -0.2) is 4.79 Å². The summed E-state index contributed by atoms with van der Waals surface area (Å²) in [5.74, 6) is 1.65. The van der Waals surface area contributed by atoms with Crippen LogP contribution in [0, 0.1) is 5.92 Å². The van der Waals surface area contributed by atoms with Gasteiger partial charge in [-0.15, -0.1) is 0 Å². The number of hydrogen-bond donors (Lipinski definition) is 1. The van der Waals surface area contributed by atoms with Crippen molar-refractivity contribution in [2.45, 2.75) is 58.7 Å². The second-order valence-corrected chi connectivity index (χ2v) is 7.77. The fraction of sp³-hybridized carbons (Fsp3) is 0.611. The summed E-state index contributed by atoms with van der Waals surface area (Å²) >= 11 is 6.13. The molecule has 2 unspecified atom stereocenters. The summed E-state index contributed by atoms with van der Waals surface area (Å²) in [6, 6.07) is 5.74. The maximum atomic E-state index is 11.7. The third kappa shape index (κ3) is 5.61. The largest absolute Gasteiger partial charge is 0.491 e. The van der Waals surface area contributed by atoms with Crippen molar-refractivity contribution < 1.29 is 14.3 Å². The monoisotopic (exact) mass is 339 g/mol. The Bertz CT molecular complexity index is 566. The van der Waals surface area contributed by atoms with Crippen LogP contribution in [0.15, 0.2) is 18.2 Å². The van der Waals surface area contributed by atoms with Crippen molar-refractivity contribution in [2.75, 3.05) is 6.54 Å². The van der Waals surface area contributed by atoms with Crippen LogP contribution in [0.5, 0.6) is 5.75 Å². The van der Waals surface area contributed by atoms with Crippen molar-refractivity contribution in [1.29, 1.82) is 0 Å². The van der Waals surface area contributed by atoms with Gasteiger partial charge < -0.3 is 14.8 Å². The standard InChI is InChI=1S/C18H26ClNO3/c1-11(2)22-16-7-6-13(19)9-15(16)14-8-12(14)10-20-17(21)23-18(3,4)5/h6-7,9,11-12,14H,8,10H2,1-5H3,(H,20,21). The molecule has 128 valence electrons. The van der Waals surface area contributed by atoms with E-state index in [0.29, 0.717) is 23.4 Å². The van der Waals surface area contributed by atoms with Crippen molar-refractivity contribution in [3.8, 4) is 5.75 Å². The minimum absolute atomic E-state index is 0.118. The number of rotatable bonds is 5. The molecule has 1 saturated carbocycles. The lowest BCUT2D eigenvalue weighted by Crippen LogP contribution is -2.33. The van der Waals surface area contributed by atoms with Crippen LogP contribution in [-0.4, -0.2) is 24.3 Å². The summed E-state index contributed by atoms with van der Waals surface area (Å²) in [4.78, 5) is 11.7. The van der Waals surface area contributed by atoms with Crippen molar-refractivity contribution in [2.24, 2.45) is 5.92 Å². The second-order valence-electron chi connectivity index (χ2n) is 7.33. The van der Waals surface area contributed by atoms with Crippen LogP contribution in [0.2, 0.25) is 5.02 Å². The summed E-state index contributed by atoms with van der Waals surface area (Å²) in [6.45, 7) is 10.2. The molecular weight excluding hydrogens is 314 g/mol. The molecule has 1 amide bonds. The molecule has 0 saturated heterocycles. The topological polar surface area (TPSA) is 47.6 Å². The highest BCUT2D eigenvalue weighted by atomic mass is 35.5. The van der Waals surface area contributed by atoms with Crippen LogP contribution in [-0.2, 0) is 4.74 Å². The molecule has 0 bridgehead atoms. The van der Waals surface area contributed by atoms with Crippen LogP contribution in [0.25, 0.3) is 0 Å². The molecule has 1 aromatic rings. The first kappa shape index (κ1) is 17.9. The van der Waals surface area contributed by atoms with E-state index in [1.165, 1.54) is 0 Å². The number of carbonyl (C=O) groups is 1. The molecule has 0 spiro atoms. The van der Waals surface area contributed by atoms with Gasteiger partial charge in [0.1, 0.15) is 11.4 Å². The molecule has 1 fully saturated rings. The number of nitrogens with one attached hydrogen (secondary N) is 1. The predicted octanol–water partition coefficient (Wildman–Crippen LogP) is 4.76. The van der Waals surface area contributed by atoms with Gasteiger partial charge in [0.05, 0.1) is 6.10 Å². The molecule has 0 radical (unpaired) electrons. The van der Waals surface area contributed by atoms with Gasteiger partial charge >= 0.3 is 6.09 Å². The van der Waals surface area contributed by atoms with E-state index in [-0.39, 0.29) is 12.2 Å². The lowest BCUT2D eigenvalue weighted by Gasteiger charge is -2.19. The highest BCUT2D eigenvalue weighted by Crippen LogP contribution is 2.50. The van der Waals surface area contributed by atoms with Crippen LogP contribution in [0.4, 0.5) is 4.79 Å². The predicted molar refractivity (Wildman–Crippen MR) is 92.3 cm³/mol. The number of benzene rings is 1. The maximum Gasteiger partial charge on any atom is 0.407 e. The molecule has 0 aliphatic heterocycles. The second kappa shape index (κ2) is 7.00. The fourth-order valence-corrected chi connectivity index (χ4v) is 2.73. The quantitative estimate of drug-likeness (QED) is 0.841. The number of amides is 1. The average Bonchev–Trinajstić information content (AvgIpc) is 3.15. The minimum atomic E-state index is -0.474. The van der Waals surface area contributed by atoms with Crippen LogP contribution in [0.3, 0.4) is 0 Å². The van der Waals surface area contributed by atoms with Gasteiger partial charge in [-0.05, 0) is 76.6 Å². The normalized spacial score (nSPS) is 20.3. The third-order valence-electron chi connectivity index (χ3n) is 3.56. The molecule has 4 nitrogen and oxygen atoms in total. The van der Waals surface area contributed by atoms with Crippen molar-refractivity contribution in [1.82, 2.24) is 5.32 Å². The smallest absolute Gasteiger partial charge is 0.407 e. The number of hydrogen-bond acceptors (Lipinski definition) is 3. The van der Waals surface area contributed by atoms with Crippen molar-refractivity contribution in [3.63, 3.8) is 0 Å². The molecule has 1 aromatic carbocycles. The van der Waals surface area contributed by atoms with E-state index in [2.05, 4.69) is 5.32 Å². The van der Waals surface area contributed by atoms with Crippen molar-refractivity contribution in [3.05, 3.63) is 28.8 Å². The third-order valence-corrected chi connectivity index (χ3v) is 3.80. The SMILES string of the molecule is CC(C)Oc1ccc(Cl)cc1C1CC1CNC(=O)OC(C)(C)C. The Morgan fingerprint density at radius 3 is 2.70 bits per heavy atom. The van der Waals surface area contributed by atoms with Crippen LogP contribution < -0.4 is 10.1 Å². The minimum Gasteiger partial charge on any atom is -0.491 e. The summed E-state index contributed by atoms with van der Waals surface area (Å²) in [5.41, 5.74) is 0.653. The average molecular weight is 340 g/mol. The van der Waals surface area contributed by atoms with E-state index >= 15 is 0 Å². The number of halogens is 1. The Morgan fingerprint density at radius 2 is 2.09 bits per heavy atom. The number of alkyl carbamates (subject to hydrolysis) is 1. The molecule has 23 heavy (non-hydrogen) atoms. The summed E-state index contributed by atoms with van der Waals surface area (Å²) in [6.07, 6.45) is 0.768. The van der Waals surface area contributed by atoms with Crippen molar-refractivity contribution >= 4 is 17.7 Å². The molecule has 1 N–H and O–H groups in total. The van der Waals surface area contributed by atoms with E-state index in [0.717, 1.165) is 17.7 Å². The zero-order valence-electron chi connectivity index (χ0n) is 14.5. The Hall–Kier alpha value is -1.42. The first-order chi connectivity index (χ1) is 10.7. The Balaban J connectivity index is 1.93. The van der Waals surface area contributed by atoms with Gasteiger partial charge in [0.25, 0.3) is 0 Å². The highest BCUT2D eigenvalue weighted by Gasteiger charge is 2.40. The molecule has 0 aromatic heterocycles. The van der Waals surface area contributed by atoms with Gasteiger partial charge in [0.2, 0.25) is 0 Å². The van der Waals surface area contributed by atoms with Gasteiger partial charge in [-0.2, -0.15) is 0 Å². The lowest BCUT2D eigenvalue weighted by molar-refractivity contribution is 0.0525. The molecule has 0 heterocycles. The van der Waals surface area contributed by atoms with Gasteiger partial charge in [0.15, 0.2) is 0 Å². The molecule has 1 aliphatic carbocycles. The van der Waals surface area contributed by atoms with E-state index in [1.54, 1.807) is 0 Å². The molecule has 1 aliphatic rings. The Kier molecular flexibility index (Phi) is 5.45. The number of carbonyl (C=O) groups excluding carboxylic acids is 1.